The van der Waals surface area contributed by atoms with Crippen molar-refractivity contribution in [2.24, 2.45) is 0 Å². The fraction of sp³-hybridized carbons (Fsp3) is 0. The summed E-state index contributed by atoms with van der Waals surface area (Å²) >= 11 is 0. The first-order valence-corrected chi connectivity index (χ1v) is 4.17. The van der Waals surface area contributed by atoms with Crippen molar-refractivity contribution < 1.29 is 25.0 Å². The van der Waals surface area contributed by atoms with Crippen molar-refractivity contribution in [2.75, 3.05) is 0 Å². The second-order valence-electron chi connectivity index (χ2n) is 2.81. The normalized spacial score (nSPS) is 8.18. The number of rotatable bonds is 3. The number of hydrogen-bond acceptors (Lipinski definition) is 10. The molecule has 0 spiro atoms. The van der Waals surface area contributed by atoms with Crippen molar-refractivity contribution in [3.05, 3.63) is 57.8 Å². The maximum absolute atomic E-state index is 11.1. The molecule has 0 unspecified atom stereocenters. The van der Waals surface area contributed by atoms with E-state index in [1.807, 2.05) is 0 Å². The van der Waals surface area contributed by atoms with Crippen LogP contribution in [0.25, 0.3) is 0 Å². The predicted molar refractivity (Wildman–Crippen MR) is 68.2 cm³/mol. The van der Waals surface area contributed by atoms with Gasteiger partial charge < -0.3 is 32.7 Å². The first kappa shape index (κ1) is 23.4. The van der Waals surface area contributed by atoms with E-state index in [0.717, 1.165) is 0 Å². The van der Waals surface area contributed by atoms with E-state index in [-0.39, 0.29) is 12.3 Å². The molecule has 0 saturated heterocycles. The molecular formula is C6H10N6O10. The lowest BCUT2D eigenvalue weighted by atomic mass is 10.2. The van der Waals surface area contributed by atoms with Gasteiger partial charge in [-0.25, -0.2) is 0 Å². The van der Waals surface area contributed by atoms with Gasteiger partial charge in [0.25, 0.3) is 17.1 Å². The van der Waals surface area contributed by atoms with Crippen LogP contribution in [0.2, 0.25) is 0 Å². The zero-order chi connectivity index (χ0) is 16.0. The molecule has 0 atom stereocenters. The van der Waals surface area contributed by atoms with Gasteiger partial charge in [0.1, 0.15) is 0 Å². The third-order valence-corrected chi connectivity index (χ3v) is 1.64. The minimum atomic E-state index is -1.75. The van der Waals surface area contributed by atoms with Crippen molar-refractivity contribution in [3.63, 3.8) is 0 Å². The summed E-state index contributed by atoms with van der Waals surface area (Å²) < 4.78 is 0. The van der Waals surface area contributed by atoms with Gasteiger partial charge in [-0.2, -0.15) is 0 Å². The van der Waals surface area contributed by atoms with E-state index in [4.69, 9.17) is 15.3 Å². The summed E-state index contributed by atoms with van der Waals surface area (Å²) in [5.41, 5.74) is -3.26. The third kappa shape index (κ3) is 6.49. The molecule has 0 aromatic heterocycles. The van der Waals surface area contributed by atoms with Crippen LogP contribution in [-0.4, -0.2) is 19.9 Å². The first-order chi connectivity index (χ1) is 9.07. The highest BCUT2D eigenvalue weighted by molar-refractivity contribution is 5.63. The molecule has 0 aliphatic rings. The topological polar surface area (TPSA) is 292 Å². The van der Waals surface area contributed by atoms with Crippen molar-refractivity contribution in [1.29, 1.82) is 0 Å². The Labute approximate surface area is 119 Å². The van der Waals surface area contributed by atoms with Crippen LogP contribution in [-0.2, 0) is 0 Å². The van der Waals surface area contributed by atoms with Crippen LogP contribution in [0.1, 0.15) is 0 Å². The average molecular weight is 326 g/mol. The lowest BCUT2D eigenvalue weighted by molar-refractivity contribution is -0.420. The Bertz CT molecular complexity index is 548. The molecule has 0 aliphatic heterocycles. The smallest absolute Gasteiger partial charge is 0.283 e. The molecule has 22 heavy (non-hydrogen) atoms. The number of benzene rings is 1. The summed E-state index contributed by atoms with van der Waals surface area (Å²) in [5, 5.41) is 56.9. The largest absolute Gasteiger partial charge is 0.863 e. The summed E-state index contributed by atoms with van der Waals surface area (Å²) in [6.45, 7) is 0. The molecular weight excluding hydrogens is 316 g/mol. The summed E-state index contributed by atoms with van der Waals surface area (Å²) in [5.74, 6) is -1.46. The van der Waals surface area contributed by atoms with Gasteiger partial charge >= 0.3 is 0 Å². The summed E-state index contributed by atoms with van der Waals surface area (Å²) in [7, 11) is 0. The Morgan fingerprint density at radius 1 is 0.682 bits per heavy atom. The predicted octanol–water partition coefficient (Wildman–Crippen LogP) is 0.998. The Balaban J connectivity index is -0.000000538. The van der Waals surface area contributed by atoms with Crippen molar-refractivity contribution in [1.82, 2.24) is 12.3 Å². The quantitative estimate of drug-likeness (QED) is 0.585. The van der Waals surface area contributed by atoms with E-state index in [1.54, 1.807) is 0 Å². The minimum Gasteiger partial charge on any atom is -0.863 e. The Morgan fingerprint density at radius 2 is 0.955 bits per heavy atom. The lowest BCUT2D eigenvalue weighted by Crippen LogP contribution is -2.04. The van der Waals surface area contributed by atoms with E-state index in [1.165, 1.54) is 0 Å². The monoisotopic (exact) mass is 326 g/mol. The number of quaternary nitrogens is 2. The van der Waals surface area contributed by atoms with E-state index >= 15 is 0 Å². The second-order valence-corrected chi connectivity index (χ2v) is 2.81. The molecule has 16 nitrogen and oxygen atoms in total. The van der Waals surface area contributed by atoms with Crippen molar-refractivity contribution in [2.45, 2.75) is 0 Å². The fourth-order valence-corrected chi connectivity index (χ4v) is 0.961. The molecule has 0 bridgehead atoms. The number of nitro groups is 3. The first-order valence-electron chi connectivity index (χ1n) is 4.17. The van der Waals surface area contributed by atoms with Crippen LogP contribution >= 0.6 is 0 Å². The molecule has 0 amide bonds. The average Bonchev–Trinajstić information content (AvgIpc) is 2.27. The number of hydrogen-bond donors (Lipinski definition) is 2. The van der Waals surface area contributed by atoms with E-state index < -0.39 is 42.7 Å². The van der Waals surface area contributed by atoms with E-state index in [2.05, 4.69) is 0 Å². The fourth-order valence-electron chi connectivity index (χ4n) is 0.961. The van der Waals surface area contributed by atoms with Gasteiger partial charge in [0.05, 0.1) is 37.7 Å². The van der Waals surface area contributed by atoms with Crippen LogP contribution in [0.4, 0.5) is 17.1 Å². The molecule has 124 valence electrons. The number of nitrogens with zero attached hydrogens (tertiary/aromatic N) is 4. The summed E-state index contributed by atoms with van der Waals surface area (Å²) in [4.78, 5) is 35.8. The summed E-state index contributed by atoms with van der Waals surface area (Å²) in [6, 6.07) is 0.769. The van der Waals surface area contributed by atoms with Gasteiger partial charge in [0.15, 0.2) is 0 Å². The minimum absolute atomic E-state index is 0. The van der Waals surface area contributed by atoms with Crippen molar-refractivity contribution in [3.8, 4) is 5.75 Å². The molecule has 0 heterocycles. The maximum Gasteiger partial charge on any atom is 0.283 e. The van der Waals surface area contributed by atoms with E-state index in [0.29, 0.717) is 12.1 Å². The molecule has 1 aromatic carbocycles. The second kappa shape index (κ2) is 9.28. The lowest BCUT2D eigenvalue weighted by Gasteiger charge is -2.06. The molecule has 0 fully saturated rings. The number of non-ortho nitro benzene ring substituents is 1. The van der Waals surface area contributed by atoms with Crippen LogP contribution in [0.15, 0.2) is 12.1 Å². The molecule has 1 rings (SSSR count). The van der Waals surface area contributed by atoms with Gasteiger partial charge in [0, 0.05) is 0 Å². The van der Waals surface area contributed by atoms with Gasteiger partial charge in [-0.1, -0.05) is 0 Å². The molecule has 0 aliphatic carbocycles. The Morgan fingerprint density at radius 3 is 1.14 bits per heavy atom. The molecule has 0 saturated carbocycles. The Hall–Kier alpha value is -3.66. The van der Waals surface area contributed by atoms with Gasteiger partial charge in [-0.3, -0.25) is 30.3 Å². The summed E-state index contributed by atoms with van der Waals surface area (Å²) in [6.07, 6.45) is 0. The van der Waals surface area contributed by atoms with Crippen LogP contribution in [0.5, 0.6) is 5.75 Å². The van der Waals surface area contributed by atoms with Crippen LogP contribution in [0.3, 0.4) is 0 Å². The van der Waals surface area contributed by atoms with Gasteiger partial charge in [-0.15, -0.1) is 0 Å². The van der Waals surface area contributed by atoms with Crippen LogP contribution in [0, 0.1) is 45.7 Å². The maximum atomic E-state index is 11.1. The highest BCUT2D eigenvalue weighted by Gasteiger charge is 2.24. The molecule has 0 radical (unpaired) electrons. The third-order valence-electron chi connectivity index (χ3n) is 1.64. The van der Waals surface area contributed by atoms with Gasteiger partial charge in [0.2, 0.25) is 0 Å². The highest BCUT2D eigenvalue weighted by Crippen LogP contribution is 2.36. The van der Waals surface area contributed by atoms with Crippen LogP contribution < -0.4 is 17.4 Å². The molecule has 1 aromatic rings. The number of nitro benzene ring substituents is 3. The van der Waals surface area contributed by atoms with E-state index in [9.17, 15) is 35.4 Å². The zero-order valence-corrected chi connectivity index (χ0v) is 11.0. The SMILES string of the molecule is O=[N+]([O-])[O-].O=[N+]([O-])c1cc([N+](=O)[O-])c([O-])c([N+](=O)[O-])c1.[NH4+].[NH4+]. The Kier molecular flexibility index (Phi) is 9.88. The highest BCUT2D eigenvalue weighted by atomic mass is 16.9. The standard InChI is InChI=1S/C6H3N3O7.NO3.2H3N/c10-6-4(8(13)14)1-3(7(11)12)2-5(6)9(15)16;2-1(3)4;;/h1-2,10H;;2*1H3/q;-1;;/p+1. The molecule has 8 N–H and O–H groups in total. The van der Waals surface area contributed by atoms with Gasteiger partial charge in [-0.05, 0) is 0 Å². The van der Waals surface area contributed by atoms with Crippen molar-refractivity contribution >= 4 is 17.1 Å². The zero-order valence-electron chi connectivity index (χ0n) is 11.0. The molecule has 16 heteroatoms.